The van der Waals surface area contributed by atoms with Gasteiger partial charge in [-0.2, -0.15) is 5.26 Å². The molecule has 0 unspecified atom stereocenters. The van der Waals surface area contributed by atoms with Gasteiger partial charge in [0, 0.05) is 12.1 Å². The lowest BCUT2D eigenvalue weighted by Gasteiger charge is -1.97. The summed E-state index contributed by atoms with van der Waals surface area (Å²) in [5, 5.41) is 8.35. The summed E-state index contributed by atoms with van der Waals surface area (Å²) in [6.45, 7) is 0. The molecule has 0 radical (unpaired) electrons. The van der Waals surface area contributed by atoms with E-state index in [-0.39, 0.29) is 11.6 Å². The summed E-state index contributed by atoms with van der Waals surface area (Å²) in [5.74, 6) is -0.407. The van der Waals surface area contributed by atoms with E-state index >= 15 is 0 Å². The van der Waals surface area contributed by atoms with E-state index < -0.39 is 5.82 Å². The Morgan fingerprint density at radius 3 is 2.91 bits per heavy atom. The Balaban J connectivity index is 3.15. The van der Waals surface area contributed by atoms with Crippen LogP contribution in [0.3, 0.4) is 0 Å². The lowest BCUT2D eigenvalue weighted by atomic mass is 10.3. The zero-order chi connectivity index (χ0) is 8.27. The maximum absolute atomic E-state index is 12.5. The molecule has 1 aromatic rings. The van der Waals surface area contributed by atoms with E-state index in [4.69, 9.17) is 5.26 Å². The van der Waals surface area contributed by atoms with Crippen molar-refractivity contribution >= 4 is 0 Å². The number of nitriles is 1. The van der Waals surface area contributed by atoms with E-state index in [1.165, 1.54) is 7.11 Å². The molecule has 1 aromatic heterocycles. The quantitative estimate of drug-likeness (QED) is 0.605. The molecular weight excluding hydrogens is 147 g/mol. The Kier molecular flexibility index (Phi) is 2.02. The van der Waals surface area contributed by atoms with Crippen molar-refractivity contribution in [1.29, 1.82) is 5.26 Å². The summed E-state index contributed by atoms with van der Waals surface area (Å²) >= 11 is 0. The summed E-state index contributed by atoms with van der Waals surface area (Å²) in [7, 11) is 1.36. The van der Waals surface area contributed by atoms with Gasteiger partial charge in [0.1, 0.15) is 17.6 Å². The lowest BCUT2D eigenvalue weighted by molar-refractivity contribution is 0.393. The number of ether oxygens (including phenoxy) is 1. The minimum absolute atomic E-state index is 0.0156. The van der Waals surface area contributed by atoms with Crippen LogP contribution in [-0.4, -0.2) is 12.1 Å². The molecule has 3 nitrogen and oxygen atoms in total. The van der Waals surface area contributed by atoms with Crippen LogP contribution in [0.2, 0.25) is 0 Å². The van der Waals surface area contributed by atoms with Gasteiger partial charge >= 0.3 is 0 Å². The van der Waals surface area contributed by atoms with Crippen LogP contribution < -0.4 is 4.74 Å². The largest absolute Gasteiger partial charge is 0.481 e. The monoisotopic (exact) mass is 152 g/mol. The summed E-state index contributed by atoms with van der Waals surface area (Å²) in [5.41, 5.74) is 0.0156. The van der Waals surface area contributed by atoms with Crippen molar-refractivity contribution in [3.05, 3.63) is 23.6 Å². The zero-order valence-electron chi connectivity index (χ0n) is 5.84. The van der Waals surface area contributed by atoms with Gasteiger partial charge in [-0.15, -0.1) is 0 Å². The summed E-state index contributed by atoms with van der Waals surface area (Å²) in [4.78, 5) is 3.65. The second-order valence-corrected chi connectivity index (χ2v) is 1.82. The summed E-state index contributed by atoms with van der Waals surface area (Å²) < 4.78 is 17.2. The van der Waals surface area contributed by atoms with Gasteiger partial charge in [-0.3, -0.25) is 0 Å². The molecule has 0 atom stereocenters. The number of hydrogen-bond acceptors (Lipinski definition) is 3. The first kappa shape index (κ1) is 7.48. The molecule has 1 heterocycles. The Hall–Kier alpha value is -1.63. The van der Waals surface area contributed by atoms with Crippen molar-refractivity contribution < 1.29 is 9.13 Å². The topological polar surface area (TPSA) is 45.9 Å². The summed E-state index contributed by atoms with van der Waals surface area (Å²) in [6, 6.07) is 3.87. The van der Waals surface area contributed by atoms with Crippen molar-refractivity contribution in [2.24, 2.45) is 0 Å². The van der Waals surface area contributed by atoms with Crippen LogP contribution in [0.15, 0.2) is 12.1 Å². The number of hydrogen-bond donors (Lipinski definition) is 0. The van der Waals surface area contributed by atoms with Gasteiger partial charge < -0.3 is 4.74 Å². The molecule has 0 spiro atoms. The molecule has 11 heavy (non-hydrogen) atoms. The minimum atomic E-state index is -0.520. The van der Waals surface area contributed by atoms with Gasteiger partial charge in [-0.1, -0.05) is 0 Å². The van der Waals surface area contributed by atoms with Crippen LogP contribution in [0.1, 0.15) is 5.69 Å². The fourth-order valence-corrected chi connectivity index (χ4v) is 0.635. The SMILES string of the molecule is COc1cc(F)cc(C#N)n1. The number of halogens is 1. The molecule has 0 aliphatic heterocycles. The van der Waals surface area contributed by atoms with Crippen molar-refractivity contribution in [3.63, 3.8) is 0 Å². The Morgan fingerprint density at radius 2 is 2.36 bits per heavy atom. The highest BCUT2D eigenvalue weighted by atomic mass is 19.1. The molecule has 4 heteroatoms. The Morgan fingerprint density at radius 1 is 1.64 bits per heavy atom. The fraction of sp³-hybridized carbons (Fsp3) is 0.143. The zero-order valence-corrected chi connectivity index (χ0v) is 5.84. The van der Waals surface area contributed by atoms with Crippen LogP contribution in [0, 0.1) is 17.1 Å². The summed E-state index contributed by atoms with van der Waals surface area (Å²) in [6.07, 6.45) is 0. The number of rotatable bonds is 1. The van der Waals surface area contributed by atoms with Crippen LogP contribution in [0.4, 0.5) is 4.39 Å². The molecule has 0 saturated carbocycles. The third kappa shape index (κ3) is 1.64. The van der Waals surface area contributed by atoms with Crippen LogP contribution in [0.25, 0.3) is 0 Å². The average molecular weight is 152 g/mol. The van der Waals surface area contributed by atoms with Crippen LogP contribution >= 0.6 is 0 Å². The van der Waals surface area contributed by atoms with E-state index in [9.17, 15) is 4.39 Å². The van der Waals surface area contributed by atoms with Gasteiger partial charge in [0.15, 0.2) is 0 Å². The van der Waals surface area contributed by atoms with E-state index in [1.807, 2.05) is 0 Å². The van der Waals surface area contributed by atoms with E-state index in [0.717, 1.165) is 12.1 Å². The first-order valence-corrected chi connectivity index (χ1v) is 2.88. The molecule has 0 aliphatic carbocycles. The molecular formula is C7H5FN2O. The van der Waals surface area contributed by atoms with E-state index in [0.29, 0.717) is 0 Å². The minimum Gasteiger partial charge on any atom is -0.481 e. The van der Waals surface area contributed by atoms with Gasteiger partial charge in [-0.05, 0) is 0 Å². The third-order valence-electron chi connectivity index (χ3n) is 1.09. The lowest BCUT2D eigenvalue weighted by Crippen LogP contribution is -1.91. The Bertz CT molecular complexity index is 306. The molecule has 0 aromatic carbocycles. The highest BCUT2D eigenvalue weighted by Gasteiger charge is 2.00. The third-order valence-corrected chi connectivity index (χ3v) is 1.09. The number of nitrogens with zero attached hydrogens (tertiary/aromatic N) is 2. The maximum atomic E-state index is 12.5. The highest BCUT2D eigenvalue weighted by Crippen LogP contribution is 2.09. The normalized spacial score (nSPS) is 8.82. The molecule has 0 amide bonds. The predicted octanol–water partition coefficient (Wildman–Crippen LogP) is 1.10. The first-order valence-electron chi connectivity index (χ1n) is 2.88. The van der Waals surface area contributed by atoms with Crippen LogP contribution in [0.5, 0.6) is 5.88 Å². The maximum Gasteiger partial charge on any atom is 0.217 e. The van der Waals surface area contributed by atoms with Crippen molar-refractivity contribution in [2.45, 2.75) is 0 Å². The second kappa shape index (κ2) is 2.97. The Labute approximate surface area is 63.1 Å². The average Bonchev–Trinajstić information content (AvgIpc) is 2.03. The molecule has 56 valence electrons. The number of methoxy groups -OCH3 is 1. The van der Waals surface area contributed by atoms with Crippen LogP contribution in [-0.2, 0) is 0 Å². The molecule has 0 aliphatic rings. The highest BCUT2D eigenvalue weighted by molar-refractivity contribution is 5.25. The first-order chi connectivity index (χ1) is 5.26. The van der Waals surface area contributed by atoms with Gasteiger partial charge in [-0.25, -0.2) is 9.37 Å². The van der Waals surface area contributed by atoms with E-state index in [1.54, 1.807) is 6.07 Å². The molecule has 1 rings (SSSR count). The molecule has 0 saturated heterocycles. The number of aromatic nitrogens is 1. The molecule has 0 bridgehead atoms. The predicted molar refractivity (Wildman–Crippen MR) is 35.5 cm³/mol. The van der Waals surface area contributed by atoms with Gasteiger partial charge in [0.25, 0.3) is 0 Å². The molecule has 0 N–H and O–H groups in total. The second-order valence-electron chi connectivity index (χ2n) is 1.82. The van der Waals surface area contributed by atoms with Crippen molar-refractivity contribution in [2.75, 3.05) is 7.11 Å². The van der Waals surface area contributed by atoms with E-state index in [2.05, 4.69) is 9.72 Å². The van der Waals surface area contributed by atoms with Gasteiger partial charge in [0.05, 0.1) is 7.11 Å². The van der Waals surface area contributed by atoms with Crippen molar-refractivity contribution in [3.8, 4) is 11.9 Å². The van der Waals surface area contributed by atoms with Gasteiger partial charge in [0.2, 0.25) is 5.88 Å². The fourth-order valence-electron chi connectivity index (χ4n) is 0.635. The molecule has 0 fully saturated rings. The standard InChI is InChI=1S/C7H5FN2O/c1-11-7-3-5(8)2-6(4-9)10-7/h2-3H,1H3. The number of pyridine rings is 1. The smallest absolute Gasteiger partial charge is 0.217 e. The van der Waals surface area contributed by atoms with Crippen molar-refractivity contribution in [1.82, 2.24) is 4.98 Å².